The van der Waals surface area contributed by atoms with Gasteiger partial charge < -0.3 is 20.9 Å². The van der Waals surface area contributed by atoms with Gasteiger partial charge in [-0.05, 0) is 18.8 Å². The fourth-order valence-electron chi connectivity index (χ4n) is 2.74. The first-order valence-corrected chi connectivity index (χ1v) is 7.27. The highest BCUT2D eigenvalue weighted by molar-refractivity contribution is 5.92. The average Bonchev–Trinajstić information content (AvgIpc) is 3.03. The Balaban J connectivity index is 1.69. The summed E-state index contributed by atoms with van der Waals surface area (Å²) in [5.41, 5.74) is 7.59. The topological polar surface area (TPSA) is 113 Å². The van der Waals surface area contributed by atoms with E-state index in [1.54, 1.807) is 19.7 Å². The minimum Gasteiger partial charge on any atom is -0.395 e. The molecule has 1 aliphatic rings. The Morgan fingerprint density at radius 3 is 2.91 bits per heavy atom. The molecule has 3 rings (SSSR count). The van der Waals surface area contributed by atoms with E-state index in [9.17, 15) is 4.79 Å². The Kier molecular flexibility index (Phi) is 3.90. The average molecular weight is 301 g/mol. The summed E-state index contributed by atoms with van der Waals surface area (Å²) in [6.07, 6.45) is 6.88. The molecule has 2 aromatic rings. The first-order chi connectivity index (χ1) is 10.7. The number of likely N-dealkylation sites (N-methyl/N-ethyl adjacent to an activating group) is 1. The lowest BCUT2D eigenvalue weighted by Gasteiger charge is -2.31. The summed E-state index contributed by atoms with van der Waals surface area (Å²) in [6, 6.07) is 0. The lowest BCUT2D eigenvalue weighted by Crippen LogP contribution is -2.34. The smallest absolute Gasteiger partial charge is 0.266 e. The van der Waals surface area contributed by atoms with Crippen LogP contribution in [-0.2, 0) is 4.79 Å². The number of H-pyrrole nitrogens is 1. The Hall–Kier alpha value is -2.64. The summed E-state index contributed by atoms with van der Waals surface area (Å²) in [6.45, 7) is 1.70. The SMILES string of the molecule is CNC(=O)/C(N)=C/C1CCN(c2ncnc3[nH]cnc23)CC1. The van der Waals surface area contributed by atoms with Gasteiger partial charge in [0.2, 0.25) is 0 Å². The predicted octanol–water partition coefficient (Wildman–Crippen LogP) is 0.158. The minimum atomic E-state index is -0.225. The van der Waals surface area contributed by atoms with Crippen LogP contribution in [0.2, 0.25) is 0 Å². The summed E-state index contributed by atoms with van der Waals surface area (Å²) in [5.74, 6) is 0.939. The maximum atomic E-state index is 11.4. The van der Waals surface area contributed by atoms with E-state index in [1.165, 1.54) is 0 Å². The van der Waals surface area contributed by atoms with Crippen molar-refractivity contribution in [1.82, 2.24) is 25.3 Å². The van der Waals surface area contributed by atoms with Crippen molar-refractivity contribution in [2.24, 2.45) is 11.7 Å². The number of nitrogens with two attached hydrogens (primary N) is 1. The third-order valence-corrected chi connectivity index (χ3v) is 3.94. The number of nitrogens with zero attached hydrogens (tertiary/aromatic N) is 4. The van der Waals surface area contributed by atoms with Crippen molar-refractivity contribution in [3.05, 3.63) is 24.4 Å². The molecule has 0 atom stereocenters. The molecule has 8 nitrogen and oxygen atoms in total. The molecule has 0 aromatic carbocycles. The molecule has 0 spiro atoms. The zero-order chi connectivity index (χ0) is 15.5. The van der Waals surface area contributed by atoms with Gasteiger partial charge in [-0.1, -0.05) is 6.08 Å². The van der Waals surface area contributed by atoms with E-state index in [-0.39, 0.29) is 11.6 Å². The number of carbonyl (C=O) groups is 1. The number of aromatic nitrogens is 4. The van der Waals surface area contributed by atoms with Crippen molar-refractivity contribution in [1.29, 1.82) is 0 Å². The molecule has 4 N–H and O–H groups in total. The van der Waals surface area contributed by atoms with Crippen LogP contribution in [0.1, 0.15) is 12.8 Å². The fourth-order valence-corrected chi connectivity index (χ4v) is 2.74. The number of piperidine rings is 1. The van der Waals surface area contributed by atoms with Crippen LogP contribution in [0, 0.1) is 5.92 Å². The normalized spacial score (nSPS) is 17.0. The fraction of sp³-hybridized carbons (Fsp3) is 0.429. The molecule has 0 radical (unpaired) electrons. The van der Waals surface area contributed by atoms with Gasteiger partial charge in [-0.25, -0.2) is 15.0 Å². The number of rotatable bonds is 3. The van der Waals surface area contributed by atoms with Crippen LogP contribution in [0.3, 0.4) is 0 Å². The third-order valence-electron chi connectivity index (χ3n) is 3.94. The summed E-state index contributed by atoms with van der Waals surface area (Å²) in [7, 11) is 1.58. The lowest BCUT2D eigenvalue weighted by molar-refractivity contribution is -0.117. The number of anilines is 1. The van der Waals surface area contributed by atoms with Crippen LogP contribution in [0.15, 0.2) is 24.4 Å². The van der Waals surface area contributed by atoms with Gasteiger partial charge in [-0.15, -0.1) is 0 Å². The number of hydrogen-bond donors (Lipinski definition) is 3. The number of fused-ring (bicyclic) bond motifs is 1. The summed E-state index contributed by atoms with van der Waals surface area (Å²) < 4.78 is 0. The molecule has 0 unspecified atom stereocenters. The van der Waals surface area contributed by atoms with Crippen molar-refractivity contribution >= 4 is 22.9 Å². The number of imidazole rings is 1. The molecule has 8 heteroatoms. The van der Waals surface area contributed by atoms with Gasteiger partial charge in [-0.3, -0.25) is 4.79 Å². The molecule has 2 aromatic heterocycles. The molecule has 3 heterocycles. The summed E-state index contributed by atoms with van der Waals surface area (Å²) in [5, 5.41) is 2.53. The van der Waals surface area contributed by atoms with Crippen molar-refractivity contribution in [2.45, 2.75) is 12.8 Å². The van der Waals surface area contributed by atoms with Gasteiger partial charge >= 0.3 is 0 Å². The second-order valence-electron chi connectivity index (χ2n) is 5.32. The number of amides is 1. The van der Waals surface area contributed by atoms with Crippen molar-refractivity contribution in [3.63, 3.8) is 0 Å². The van der Waals surface area contributed by atoms with E-state index in [2.05, 4.69) is 30.2 Å². The summed E-state index contributed by atoms with van der Waals surface area (Å²) in [4.78, 5) is 29.4. The molecule has 0 saturated carbocycles. The molecule has 1 amide bonds. The lowest BCUT2D eigenvalue weighted by atomic mass is 9.95. The van der Waals surface area contributed by atoms with Crippen LogP contribution >= 0.6 is 0 Å². The first-order valence-electron chi connectivity index (χ1n) is 7.27. The second kappa shape index (κ2) is 6.00. The Morgan fingerprint density at radius 1 is 1.41 bits per heavy atom. The monoisotopic (exact) mass is 301 g/mol. The molecule has 0 aliphatic carbocycles. The van der Waals surface area contributed by atoms with Crippen molar-refractivity contribution < 1.29 is 4.79 Å². The molecular formula is C14H19N7O. The zero-order valence-electron chi connectivity index (χ0n) is 12.4. The highest BCUT2D eigenvalue weighted by Gasteiger charge is 2.22. The Bertz CT molecular complexity index is 700. The molecule has 1 aliphatic heterocycles. The standard InChI is InChI=1S/C14H19N7O/c1-16-14(22)10(15)6-9-2-4-21(5-3-9)13-11-12(18-7-17-11)19-8-20-13/h6-9H,2-5,15H2,1H3,(H,16,22)(H,17,18,19,20)/b10-6-. The van der Waals surface area contributed by atoms with Crippen LogP contribution in [0.4, 0.5) is 5.82 Å². The van der Waals surface area contributed by atoms with Gasteiger partial charge in [0.25, 0.3) is 5.91 Å². The van der Waals surface area contributed by atoms with Crippen LogP contribution in [0.5, 0.6) is 0 Å². The maximum Gasteiger partial charge on any atom is 0.266 e. The first kappa shape index (κ1) is 14.3. The molecular weight excluding hydrogens is 282 g/mol. The summed E-state index contributed by atoms with van der Waals surface area (Å²) >= 11 is 0. The van der Waals surface area contributed by atoms with E-state index < -0.39 is 0 Å². The van der Waals surface area contributed by atoms with Crippen LogP contribution in [0.25, 0.3) is 11.2 Å². The molecule has 1 fully saturated rings. The van der Waals surface area contributed by atoms with Crippen LogP contribution < -0.4 is 16.0 Å². The van der Waals surface area contributed by atoms with E-state index >= 15 is 0 Å². The Morgan fingerprint density at radius 2 is 2.18 bits per heavy atom. The van der Waals surface area contributed by atoms with Gasteiger partial charge in [0.05, 0.1) is 12.0 Å². The second-order valence-corrected chi connectivity index (χ2v) is 5.32. The van der Waals surface area contributed by atoms with Gasteiger partial charge in [0.15, 0.2) is 11.5 Å². The maximum absolute atomic E-state index is 11.4. The minimum absolute atomic E-state index is 0.225. The highest BCUT2D eigenvalue weighted by Crippen LogP contribution is 2.26. The number of carbonyl (C=O) groups excluding carboxylic acids is 1. The quantitative estimate of drug-likeness (QED) is 0.696. The molecule has 116 valence electrons. The van der Waals surface area contributed by atoms with E-state index in [0.29, 0.717) is 5.92 Å². The zero-order valence-corrected chi connectivity index (χ0v) is 12.4. The molecule has 0 bridgehead atoms. The predicted molar refractivity (Wildman–Crippen MR) is 83.0 cm³/mol. The number of allylic oxidation sites excluding steroid dienone is 1. The van der Waals surface area contributed by atoms with Gasteiger partial charge in [0.1, 0.15) is 11.8 Å². The van der Waals surface area contributed by atoms with Crippen molar-refractivity contribution in [2.75, 3.05) is 25.0 Å². The van der Waals surface area contributed by atoms with E-state index in [0.717, 1.165) is 42.9 Å². The highest BCUT2D eigenvalue weighted by atomic mass is 16.1. The Labute approximate surface area is 127 Å². The number of aromatic amines is 1. The molecule has 1 saturated heterocycles. The van der Waals surface area contributed by atoms with Crippen molar-refractivity contribution in [3.8, 4) is 0 Å². The number of hydrogen-bond acceptors (Lipinski definition) is 6. The third kappa shape index (κ3) is 2.72. The van der Waals surface area contributed by atoms with E-state index in [4.69, 9.17) is 5.73 Å². The van der Waals surface area contributed by atoms with Gasteiger partial charge in [-0.2, -0.15) is 0 Å². The largest absolute Gasteiger partial charge is 0.395 e. The van der Waals surface area contributed by atoms with Crippen LogP contribution in [-0.4, -0.2) is 46.0 Å². The molecule has 22 heavy (non-hydrogen) atoms. The van der Waals surface area contributed by atoms with Gasteiger partial charge in [0, 0.05) is 20.1 Å². The number of nitrogens with one attached hydrogen (secondary N) is 2. The van der Waals surface area contributed by atoms with E-state index in [1.807, 2.05) is 6.08 Å².